The fourth-order valence-electron chi connectivity index (χ4n) is 3.78. The maximum absolute atomic E-state index is 4.87. The van der Waals surface area contributed by atoms with Crippen LogP contribution in [0.1, 0.15) is 40.6 Å². The summed E-state index contributed by atoms with van der Waals surface area (Å²) in [6.45, 7) is 17.5. The maximum Gasteiger partial charge on any atom is 0.191 e. The Bertz CT molecular complexity index is 823. The summed E-state index contributed by atoms with van der Waals surface area (Å²) in [6, 6.07) is 8.72. The van der Waals surface area contributed by atoms with Gasteiger partial charge in [0.25, 0.3) is 0 Å². The second-order valence-corrected chi connectivity index (χ2v) is 9.06. The van der Waals surface area contributed by atoms with Gasteiger partial charge in [-0.25, -0.2) is 9.98 Å². The summed E-state index contributed by atoms with van der Waals surface area (Å²) < 4.78 is 0. The van der Waals surface area contributed by atoms with Gasteiger partial charge in [-0.15, -0.1) is 11.3 Å². The third-order valence-corrected chi connectivity index (χ3v) is 6.67. The summed E-state index contributed by atoms with van der Waals surface area (Å²) in [4.78, 5) is 15.7. The molecule has 1 aliphatic heterocycles. The first-order valence-electron chi connectivity index (χ1n) is 11.1. The van der Waals surface area contributed by atoms with Crippen LogP contribution < -0.4 is 10.6 Å². The Kier molecular flexibility index (Phi) is 8.66. The lowest BCUT2D eigenvalue weighted by Gasteiger charge is -2.34. The van der Waals surface area contributed by atoms with Crippen LogP contribution in [0.15, 0.2) is 29.3 Å². The van der Waals surface area contributed by atoms with Crippen LogP contribution in [-0.2, 0) is 19.6 Å². The molecule has 7 heteroatoms. The number of hydrogen-bond acceptors (Lipinski definition) is 5. The molecule has 0 bridgehead atoms. The molecular formula is C23H36N6S. The molecule has 0 saturated carbocycles. The van der Waals surface area contributed by atoms with Crippen molar-refractivity contribution in [2.75, 3.05) is 39.3 Å². The molecule has 0 amide bonds. The molecule has 30 heavy (non-hydrogen) atoms. The van der Waals surface area contributed by atoms with E-state index in [1.165, 1.54) is 29.1 Å². The molecule has 2 heterocycles. The Morgan fingerprint density at radius 3 is 2.37 bits per heavy atom. The molecule has 0 unspecified atom stereocenters. The van der Waals surface area contributed by atoms with Crippen molar-refractivity contribution in [1.29, 1.82) is 0 Å². The summed E-state index contributed by atoms with van der Waals surface area (Å²) >= 11 is 1.75. The topological polar surface area (TPSA) is 55.8 Å². The fourth-order valence-corrected chi connectivity index (χ4v) is 4.65. The fraction of sp³-hybridized carbons (Fsp3) is 0.565. The Morgan fingerprint density at radius 1 is 1.03 bits per heavy atom. The zero-order valence-electron chi connectivity index (χ0n) is 18.9. The minimum Gasteiger partial charge on any atom is -0.357 e. The molecule has 3 rings (SSSR count). The second-order valence-electron chi connectivity index (χ2n) is 7.77. The molecule has 0 atom stereocenters. The van der Waals surface area contributed by atoms with Crippen LogP contribution in [0.3, 0.4) is 0 Å². The number of aliphatic imine (C=N–C) groups is 1. The highest BCUT2D eigenvalue weighted by Gasteiger charge is 2.16. The van der Waals surface area contributed by atoms with E-state index in [9.17, 15) is 0 Å². The van der Waals surface area contributed by atoms with E-state index in [2.05, 4.69) is 77.4 Å². The number of benzene rings is 1. The van der Waals surface area contributed by atoms with Crippen molar-refractivity contribution in [3.05, 3.63) is 51.0 Å². The lowest BCUT2D eigenvalue weighted by Crippen LogP contribution is -2.45. The summed E-state index contributed by atoms with van der Waals surface area (Å²) in [7, 11) is 0. The van der Waals surface area contributed by atoms with E-state index in [1.54, 1.807) is 11.3 Å². The zero-order valence-corrected chi connectivity index (χ0v) is 19.7. The highest BCUT2D eigenvalue weighted by Crippen LogP contribution is 2.17. The van der Waals surface area contributed by atoms with Crippen LogP contribution in [0, 0.1) is 13.8 Å². The van der Waals surface area contributed by atoms with E-state index in [1.807, 2.05) is 0 Å². The van der Waals surface area contributed by atoms with E-state index in [0.29, 0.717) is 6.54 Å². The number of nitrogens with one attached hydrogen (secondary N) is 2. The Balaban J connectivity index is 1.62. The molecule has 1 fully saturated rings. The molecule has 2 N–H and O–H groups in total. The number of guanidine groups is 1. The third kappa shape index (κ3) is 6.52. The second kappa shape index (κ2) is 11.4. The predicted molar refractivity (Wildman–Crippen MR) is 127 cm³/mol. The van der Waals surface area contributed by atoms with Crippen molar-refractivity contribution in [2.45, 2.75) is 47.3 Å². The van der Waals surface area contributed by atoms with Crippen molar-refractivity contribution in [3.8, 4) is 0 Å². The summed E-state index contributed by atoms with van der Waals surface area (Å²) in [5.41, 5.74) is 3.79. The molecule has 6 nitrogen and oxygen atoms in total. The molecule has 0 spiro atoms. The van der Waals surface area contributed by atoms with Gasteiger partial charge in [0.05, 0.1) is 23.8 Å². The number of piperazine rings is 1. The summed E-state index contributed by atoms with van der Waals surface area (Å²) in [5, 5.41) is 7.95. The van der Waals surface area contributed by atoms with Gasteiger partial charge in [0, 0.05) is 44.1 Å². The number of aryl methyl sites for hydroxylation is 2. The number of aromatic nitrogens is 1. The van der Waals surface area contributed by atoms with Gasteiger partial charge in [-0.2, -0.15) is 0 Å². The van der Waals surface area contributed by atoms with E-state index in [-0.39, 0.29) is 0 Å². The van der Waals surface area contributed by atoms with Gasteiger partial charge in [-0.3, -0.25) is 4.90 Å². The number of hydrogen-bond donors (Lipinski definition) is 2. The SMILES string of the molecule is CCNC(=NCc1ccccc1CN1CCN(CC)CC1)NCc1sc(C)nc1C. The first kappa shape index (κ1) is 22.7. The molecule has 0 aliphatic carbocycles. The molecular weight excluding hydrogens is 392 g/mol. The molecule has 1 aromatic heterocycles. The molecule has 2 aromatic rings. The number of rotatable bonds is 8. The van der Waals surface area contributed by atoms with Gasteiger partial charge in [-0.05, 0) is 38.4 Å². The Hall–Kier alpha value is -1.96. The minimum atomic E-state index is 0.682. The normalized spacial score (nSPS) is 16.1. The van der Waals surface area contributed by atoms with Crippen molar-refractivity contribution in [1.82, 2.24) is 25.4 Å². The first-order chi connectivity index (χ1) is 14.6. The largest absolute Gasteiger partial charge is 0.357 e. The number of nitrogens with zero attached hydrogens (tertiary/aromatic N) is 4. The molecule has 164 valence electrons. The Morgan fingerprint density at radius 2 is 1.73 bits per heavy atom. The summed E-state index contributed by atoms with van der Waals surface area (Å²) in [5.74, 6) is 0.856. The van der Waals surface area contributed by atoms with Gasteiger partial charge in [-0.1, -0.05) is 31.2 Å². The lowest BCUT2D eigenvalue weighted by molar-refractivity contribution is 0.131. The van der Waals surface area contributed by atoms with Gasteiger partial charge in [0.15, 0.2) is 5.96 Å². The average molecular weight is 429 g/mol. The molecule has 1 aromatic carbocycles. The Labute approximate surface area is 185 Å². The highest BCUT2D eigenvalue weighted by molar-refractivity contribution is 7.11. The van der Waals surface area contributed by atoms with Gasteiger partial charge < -0.3 is 15.5 Å². The van der Waals surface area contributed by atoms with Crippen molar-refractivity contribution < 1.29 is 0 Å². The quantitative estimate of drug-likeness (QED) is 0.500. The molecule has 1 aliphatic rings. The van der Waals surface area contributed by atoms with Crippen molar-refractivity contribution in [3.63, 3.8) is 0 Å². The monoisotopic (exact) mass is 428 g/mol. The summed E-state index contributed by atoms with van der Waals surface area (Å²) in [6.07, 6.45) is 0. The van der Waals surface area contributed by atoms with Crippen LogP contribution in [0.4, 0.5) is 0 Å². The number of likely N-dealkylation sites (N-methyl/N-ethyl adjacent to an activating group) is 1. The van der Waals surface area contributed by atoms with Crippen LogP contribution in [0.25, 0.3) is 0 Å². The average Bonchev–Trinajstić information content (AvgIpc) is 3.08. The standard InChI is InChI=1S/C23H36N6S/c1-5-24-23(26-16-22-18(3)27-19(4)30-22)25-15-20-9-7-8-10-21(20)17-29-13-11-28(6-2)12-14-29/h7-10H,5-6,11-17H2,1-4H3,(H2,24,25,26). The van der Waals surface area contributed by atoms with Crippen LogP contribution in [0.2, 0.25) is 0 Å². The zero-order chi connectivity index (χ0) is 21.3. The van der Waals surface area contributed by atoms with E-state index >= 15 is 0 Å². The maximum atomic E-state index is 4.87. The van der Waals surface area contributed by atoms with Crippen LogP contribution >= 0.6 is 11.3 Å². The minimum absolute atomic E-state index is 0.682. The van der Waals surface area contributed by atoms with E-state index in [4.69, 9.17) is 4.99 Å². The van der Waals surface area contributed by atoms with Crippen molar-refractivity contribution in [2.24, 2.45) is 4.99 Å². The smallest absolute Gasteiger partial charge is 0.191 e. The molecule has 0 radical (unpaired) electrons. The lowest BCUT2D eigenvalue weighted by atomic mass is 10.1. The van der Waals surface area contributed by atoms with Crippen LogP contribution in [0.5, 0.6) is 0 Å². The third-order valence-electron chi connectivity index (χ3n) is 5.59. The van der Waals surface area contributed by atoms with E-state index < -0.39 is 0 Å². The highest BCUT2D eigenvalue weighted by atomic mass is 32.1. The van der Waals surface area contributed by atoms with Crippen molar-refractivity contribution >= 4 is 17.3 Å². The predicted octanol–water partition coefficient (Wildman–Crippen LogP) is 3.15. The van der Waals surface area contributed by atoms with Gasteiger partial charge in [0.1, 0.15) is 0 Å². The van der Waals surface area contributed by atoms with E-state index in [0.717, 1.165) is 55.9 Å². The first-order valence-corrected chi connectivity index (χ1v) is 11.9. The molecule has 1 saturated heterocycles. The number of thiazole rings is 1. The van der Waals surface area contributed by atoms with Crippen LogP contribution in [-0.4, -0.2) is 60.0 Å². The van der Waals surface area contributed by atoms with Gasteiger partial charge in [0.2, 0.25) is 0 Å². The van der Waals surface area contributed by atoms with Gasteiger partial charge >= 0.3 is 0 Å².